The first-order chi connectivity index (χ1) is 15.8. The van der Waals surface area contributed by atoms with Gasteiger partial charge in [0.1, 0.15) is 10.7 Å². The van der Waals surface area contributed by atoms with Crippen LogP contribution in [0.4, 0.5) is 15.8 Å². The lowest BCUT2D eigenvalue weighted by Gasteiger charge is -2.29. The zero-order chi connectivity index (χ0) is 23.6. The average molecular weight is 487 g/mol. The Balaban J connectivity index is 1.65. The lowest BCUT2D eigenvalue weighted by atomic mass is 10.2. The van der Waals surface area contributed by atoms with Gasteiger partial charge in [0, 0.05) is 11.9 Å². The molecule has 4 rings (SSSR count). The average Bonchev–Trinajstić information content (AvgIpc) is 3.27. The summed E-state index contributed by atoms with van der Waals surface area (Å²) in [4.78, 5) is 24.6. The van der Waals surface area contributed by atoms with Gasteiger partial charge in [-0.15, -0.1) is 11.3 Å². The quantitative estimate of drug-likeness (QED) is 0.406. The maximum atomic E-state index is 13.6. The topological polar surface area (TPSA) is 92.8 Å². The van der Waals surface area contributed by atoms with Crippen LogP contribution in [0.3, 0.4) is 0 Å². The van der Waals surface area contributed by atoms with Crippen molar-refractivity contribution in [3.05, 3.63) is 92.9 Å². The normalized spacial score (nSPS) is 15.9. The Morgan fingerprint density at radius 3 is 2.64 bits per heavy atom. The van der Waals surface area contributed by atoms with Gasteiger partial charge in [-0.3, -0.25) is 9.10 Å². The Hall–Kier alpha value is -3.50. The number of fused-ring (bicyclic) bond motifs is 1. The molecule has 0 saturated heterocycles. The van der Waals surface area contributed by atoms with Crippen LogP contribution in [-0.2, 0) is 21.3 Å². The van der Waals surface area contributed by atoms with Crippen molar-refractivity contribution in [1.82, 2.24) is 0 Å². The van der Waals surface area contributed by atoms with E-state index < -0.39 is 32.5 Å². The highest BCUT2D eigenvalue weighted by Gasteiger charge is 2.41. The summed E-state index contributed by atoms with van der Waals surface area (Å²) in [6.07, 6.45) is 1.14. The van der Waals surface area contributed by atoms with E-state index in [4.69, 9.17) is 4.74 Å². The number of carbonyl (C=O) groups is 2. The molecular formula is C23H19FN2O5S2. The van der Waals surface area contributed by atoms with Crippen molar-refractivity contribution >= 4 is 44.5 Å². The van der Waals surface area contributed by atoms with Crippen LogP contribution in [0.15, 0.2) is 71.1 Å². The minimum atomic E-state index is -4.21. The number of benzene rings is 2. The highest BCUT2D eigenvalue weighted by Crippen LogP contribution is 2.39. The fourth-order valence-electron chi connectivity index (χ4n) is 3.32. The molecule has 0 atom stereocenters. The van der Waals surface area contributed by atoms with Crippen LogP contribution in [-0.4, -0.2) is 26.8 Å². The number of rotatable bonds is 6. The number of halogens is 1. The van der Waals surface area contributed by atoms with Gasteiger partial charge in [-0.1, -0.05) is 12.1 Å². The minimum Gasteiger partial charge on any atom is -0.462 e. The molecule has 0 radical (unpaired) electrons. The van der Waals surface area contributed by atoms with Crippen LogP contribution in [0.2, 0.25) is 0 Å². The highest BCUT2D eigenvalue weighted by atomic mass is 32.2. The third kappa shape index (κ3) is 4.53. The molecule has 7 nitrogen and oxygen atoms in total. The molecule has 3 aromatic rings. The lowest BCUT2D eigenvalue weighted by molar-refractivity contribution is 0.0526. The number of carbonyl (C=O) groups excluding carboxylic acids is 2. The van der Waals surface area contributed by atoms with E-state index in [0.717, 1.165) is 21.8 Å². The third-order valence-electron chi connectivity index (χ3n) is 4.89. The number of ether oxygens (including phenoxy) is 1. The van der Waals surface area contributed by atoms with E-state index in [1.54, 1.807) is 36.6 Å². The summed E-state index contributed by atoms with van der Waals surface area (Å²) in [6, 6.07) is 13.4. The molecule has 0 amide bonds. The van der Waals surface area contributed by atoms with Crippen LogP contribution >= 0.6 is 11.3 Å². The van der Waals surface area contributed by atoms with Crippen molar-refractivity contribution in [2.45, 2.75) is 13.5 Å². The van der Waals surface area contributed by atoms with Crippen molar-refractivity contribution in [2.75, 3.05) is 16.2 Å². The molecule has 1 N–H and O–H groups in total. The monoisotopic (exact) mass is 486 g/mol. The minimum absolute atomic E-state index is 0.122. The van der Waals surface area contributed by atoms with Crippen LogP contribution in [0.25, 0.3) is 0 Å². The number of allylic oxidation sites excluding steroid dienone is 1. The van der Waals surface area contributed by atoms with Crippen LogP contribution in [0, 0.1) is 5.82 Å². The smallest absolute Gasteiger partial charge is 0.338 e. The van der Waals surface area contributed by atoms with Gasteiger partial charge in [-0.25, -0.2) is 17.6 Å². The van der Waals surface area contributed by atoms with E-state index in [9.17, 15) is 22.4 Å². The van der Waals surface area contributed by atoms with Crippen molar-refractivity contribution < 1.29 is 27.1 Å². The van der Waals surface area contributed by atoms with E-state index in [-0.39, 0.29) is 23.7 Å². The highest BCUT2D eigenvalue weighted by molar-refractivity contribution is 7.97. The molecule has 33 heavy (non-hydrogen) atoms. The Bertz CT molecular complexity index is 1350. The van der Waals surface area contributed by atoms with Crippen LogP contribution in [0.5, 0.6) is 0 Å². The van der Waals surface area contributed by atoms with E-state index in [1.165, 1.54) is 30.3 Å². The number of hydrogen-bond donors (Lipinski definition) is 1. The predicted octanol–water partition coefficient (Wildman–Crippen LogP) is 4.55. The van der Waals surface area contributed by atoms with Crippen molar-refractivity contribution in [3.63, 3.8) is 0 Å². The zero-order valence-electron chi connectivity index (χ0n) is 17.4. The molecule has 10 heteroatoms. The number of hydrogen-bond acceptors (Lipinski definition) is 7. The fraction of sp³-hybridized carbons (Fsp3) is 0.130. The largest absolute Gasteiger partial charge is 0.462 e. The number of Topliss-reactive ketones (excluding diaryl/α,β-unsaturated/α-hetero) is 1. The van der Waals surface area contributed by atoms with Gasteiger partial charge in [0.25, 0.3) is 10.0 Å². The van der Waals surface area contributed by atoms with Crippen molar-refractivity contribution in [1.29, 1.82) is 0 Å². The molecule has 1 aromatic heterocycles. The standard InChI is InChI=1S/C23H19FN2O5S2/c1-2-31-23(28)16-6-8-18(9-7-16)25-13-20-21(27)22-19(10-11-32-22)26(33(20,29)30)14-15-4-3-5-17(24)12-15/h3-13,25H,2,14H2,1H3. The third-order valence-corrected chi connectivity index (χ3v) is 7.56. The van der Waals surface area contributed by atoms with E-state index in [0.29, 0.717) is 16.8 Å². The second kappa shape index (κ2) is 9.16. The molecule has 0 aliphatic carbocycles. The first-order valence-electron chi connectivity index (χ1n) is 9.94. The van der Waals surface area contributed by atoms with Crippen molar-refractivity contribution in [2.24, 2.45) is 0 Å². The number of thiophene rings is 1. The van der Waals surface area contributed by atoms with E-state index in [1.807, 2.05) is 0 Å². The van der Waals surface area contributed by atoms with Crippen LogP contribution in [0.1, 0.15) is 32.5 Å². The number of esters is 1. The molecule has 0 saturated carbocycles. The van der Waals surface area contributed by atoms with Gasteiger partial charge in [0.15, 0.2) is 4.91 Å². The number of anilines is 2. The Morgan fingerprint density at radius 1 is 1.18 bits per heavy atom. The fourth-order valence-corrected chi connectivity index (χ4v) is 5.81. The molecule has 0 unspecified atom stereocenters. The first kappa shape index (κ1) is 22.7. The van der Waals surface area contributed by atoms with Gasteiger partial charge in [-0.05, 0) is 60.3 Å². The van der Waals surface area contributed by atoms with Gasteiger partial charge < -0.3 is 10.1 Å². The molecule has 0 spiro atoms. The summed E-state index contributed by atoms with van der Waals surface area (Å²) < 4.78 is 46.4. The number of nitrogens with zero attached hydrogens (tertiary/aromatic N) is 1. The van der Waals surface area contributed by atoms with Gasteiger partial charge >= 0.3 is 5.97 Å². The molecule has 0 fully saturated rings. The van der Waals surface area contributed by atoms with Crippen LogP contribution < -0.4 is 9.62 Å². The molecule has 2 heterocycles. The van der Waals surface area contributed by atoms with Gasteiger partial charge in [-0.2, -0.15) is 0 Å². The molecule has 2 aromatic carbocycles. The van der Waals surface area contributed by atoms with E-state index in [2.05, 4.69) is 5.32 Å². The summed E-state index contributed by atoms with van der Waals surface area (Å²) in [5.74, 6) is -1.57. The lowest BCUT2D eigenvalue weighted by Crippen LogP contribution is -2.38. The molecule has 170 valence electrons. The summed E-state index contributed by atoms with van der Waals surface area (Å²) >= 11 is 1.14. The van der Waals surface area contributed by atoms with Gasteiger partial charge in [0.2, 0.25) is 5.78 Å². The second-order valence-electron chi connectivity index (χ2n) is 7.06. The number of sulfonamides is 1. The molecule has 1 aliphatic rings. The number of ketones is 1. The Kier molecular flexibility index (Phi) is 6.30. The zero-order valence-corrected chi connectivity index (χ0v) is 19.1. The molecular weight excluding hydrogens is 467 g/mol. The molecule has 0 bridgehead atoms. The Labute approximate surface area is 194 Å². The summed E-state index contributed by atoms with van der Waals surface area (Å²) in [6.45, 7) is 1.84. The SMILES string of the molecule is CCOC(=O)c1ccc(NC=C2C(=O)c3sccc3N(Cc3cccc(F)c3)S2(=O)=O)cc1. The Morgan fingerprint density at radius 2 is 1.94 bits per heavy atom. The maximum absolute atomic E-state index is 13.6. The van der Waals surface area contributed by atoms with Gasteiger partial charge in [0.05, 0.1) is 24.4 Å². The molecule has 1 aliphatic heterocycles. The summed E-state index contributed by atoms with van der Waals surface area (Å²) in [5.41, 5.74) is 1.55. The maximum Gasteiger partial charge on any atom is 0.338 e. The van der Waals surface area contributed by atoms with E-state index >= 15 is 0 Å². The van der Waals surface area contributed by atoms with Crippen molar-refractivity contribution in [3.8, 4) is 0 Å². The first-order valence-corrected chi connectivity index (χ1v) is 12.3. The summed E-state index contributed by atoms with van der Waals surface area (Å²) in [5, 5.41) is 4.46. The summed E-state index contributed by atoms with van der Waals surface area (Å²) in [7, 11) is -4.21. The number of nitrogens with one attached hydrogen (secondary N) is 1. The second-order valence-corrected chi connectivity index (χ2v) is 9.80. The predicted molar refractivity (Wildman–Crippen MR) is 124 cm³/mol.